The molecule has 0 aliphatic heterocycles. The molecule has 0 radical (unpaired) electrons. The average molecular weight is 389 g/mol. The number of nitrogens with zero attached hydrogens (tertiary/aromatic N) is 1. The highest BCUT2D eigenvalue weighted by Crippen LogP contribution is 2.27. The van der Waals surface area contributed by atoms with Gasteiger partial charge < -0.3 is 5.32 Å². The molecule has 1 N–H and O–H groups in total. The molecule has 0 aliphatic rings. The summed E-state index contributed by atoms with van der Waals surface area (Å²) in [5, 5.41) is 2.72. The summed E-state index contributed by atoms with van der Waals surface area (Å²) in [7, 11) is -1.95. The van der Waals surface area contributed by atoms with Gasteiger partial charge in [-0.25, -0.2) is 8.42 Å². The molecule has 0 unspecified atom stereocenters. The van der Waals surface area contributed by atoms with Gasteiger partial charge >= 0.3 is 0 Å². The first-order valence-electron chi connectivity index (χ1n) is 9.06. The fraction of sp³-hybridized carbons (Fsp3) is 0.381. The molecule has 2 aromatic rings. The first-order valence-corrected chi connectivity index (χ1v) is 10.7. The molecule has 0 spiro atoms. The Bertz CT molecular complexity index is 834. The number of rotatable bonds is 9. The van der Waals surface area contributed by atoms with Crippen molar-refractivity contribution in [2.45, 2.75) is 32.1 Å². The highest BCUT2D eigenvalue weighted by molar-refractivity contribution is 7.92. The standard InChI is InChI=1S/C21H28N2O3S/c1-21(2,18-10-6-4-7-11-18)15-14-20(24)22-16-17-27(25,26)23(3)19-12-8-5-9-13-19/h4-13H,14-17H2,1-3H3,(H,22,24). The van der Waals surface area contributed by atoms with Crippen LogP contribution in [-0.4, -0.2) is 33.7 Å². The second-order valence-electron chi connectivity index (χ2n) is 7.22. The number of anilines is 1. The predicted octanol–water partition coefficient (Wildman–Crippen LogP) is 3.33. The third kappa shape index (κ3) is 6.10. The van der Waals surface area contributed by atoms with Crippen LogP contribution in [0.2, 0.25) is 0 Å². The first-order chi connectivity index (χ1) is 12.7. The van der Waals surface area contributed by atoms with Crippen LogP contribution in [0.15, 0.2) is 60.7 Å². The molecule has 0 saturated heterocycles. The lowest BCUT2D eigenvalue weighted by molar-refractivity contribution is -0.121. The lowest BCUT2D eigenvalue weighted by atomic mass is 9.80. The monoisotopic (exact) mass is 388 g/mol. The number of nitrogens with one attached hydrogen (secondary N) is 1. The molecule has 0 aromatic heterocycles. The van der Waals surface area contributed by atoms with Gasteiger partial charge in [0.1, 0.15) is 0 Å². The molecule has 0 saturated carbocycles. The van der Waals surface area contributed by atoms with Gasteiger partial charge in [-0.05, 0) is 29.5 Å². The van der Waals surface area contributed by atoms with Crippen molar-refractivity contribution in [3.8, 4) is 0 Å². The van der Waals surface area contributed by atoms with Gasteiger partial charge in [-0.1, -0.05) is 62.4 Å². The van der Waals surface area contributed by atoms with Gasteiger partial charge in [-0.2, -0.15) is 0 Å². The molecule has 27 heavy (non-hydrogen) atoms. The van der Waals surface area contributed by atoms with Crippen LogP contribution < -0.4 is 9.62 Å². The Kier molecular flexibility index (Phi) is 7.02. The maximum absolute atomic E-state index is 12.4. The molecule has 0 bridgehead atoms. The molecular formula is C21H28N2O3S. The van der Waals surface area contributed by atoms with Crippen molar-refractivity contribution in [1.29, 1.82) is 0 Å². The third-order valence-electron chi connectivity index (χ3n) is 4.75. The number of para-hydroxylation sites is 1. The fourth-order valence-electron chi connectivity index (χ4n) is 2.80. The van der Waals surface area contributed by atoms with Crippen LogP contribution in [0.4, 0.5) is 5.69 Å². The molecule has 146 valence electrons. The number of hydrogen-bond donors (Lipinski definition) is 1. The lowest BCUT2D eigenvalue weighted by Crippen LogP contribution is -2.36. The minimum Gasteiger partial charge on any atom is -0.355 e. The summed E-state index contributed by atoms with van der Waals surface area (Å²) in [6.07, 6.45) is 1.05. The summed E-state index contributed by atoms with van der Waals surface area (Å²) in [4.78, 5) is 12.1. The molecule has 5 nitrogen and oxygen atoms in total. The molecule has 6 heteroatoms. The molecule has 2 aromatic carbocycles. The van der Waals surface area contributed by atoms with Crippen LogP contribution in [0.25, 0.3) is 0 Å². The SMILES string of the molecule is CN(c1ccccc1)S(=O)(=O)CCNC(=O)CCC(C)(C)c1ccccc1. The average Bonchev–Trinajstić information content (AvgIpc) is 2.67. The summed E-state index contributed by atoms with van der Waals surface area (Å²) in [5.74, 6) is -0.261. The Morgan fingerprint density at radius 2 is 1.56 bits per heavy atom. The molecular weight excluding hydrogens is 360 g/mol. The van der Waals surface area contributed by atoms with Crippen LogP contribution in [0.3, 0.4) is 0 Å². The fourth-order valence-corrected chi connectivity index (χ4v) is 3.88. The summed E-state index contributed by atoms with van der Waals surface area (Å²) in [6, 6.07) is 19.0. The molecule has 1 amide bonds. The zero-order chi connectivity index (χ0) is 19.9. The van der Waals surface area contributed by atoms with Crippen LogP contribution >= 0.6 is 0 Å². The zero-order valence-electron chi connectivity index (χ0n) is 16.2. The topological polar surface area (TPSA) is 66.5 Å². The zero-order valence-corrected chi connectivity index (χ0v) is 17.0. The molecule has 0 aliphatic carbocycles. The molecule has 0 heterocycles. The van der Waals surface area contributed by atoms with E-state index in [2.05, 4.69) is 31.3 Å². The highest BCUT2D eigenvalue weighted by Gasteiger charge is 2.22. The Hall–Kier alpha value is -2.34. The minimum atomic E-state index is -3.48. The van der Waals surface area contributed by atoms with E-state index in [1.165, 1.54) is 16.9 Å². The van der Waals surface area contributed by atoms with Gasteiger partial charge in [0, 0.05) is 20.0 Å². The van der Waals surface area contributed by atoms with Crippen LogP contribution in [0.1, 0.15) is 32.3 Å². The second-order valence-corrected chi connectivity index (χ2v) is 9.34. The van der Waals surface area contributed by atoms with E-state index in [0.717, 1.165) is 0 Å². The highest BCUT2D eigenvalue weighted by atomic mass is 32.2. The quantitative estimate of drug-likeness (QED) is 0.716. The maximum Gasteiger partial charge on any atom is 0.236 e. The molecule has 0 atom stereocenters. The second kappa shape index (κ2) is 9.04. The Morgan fingerprint density at radius 1 is 1.00 bits per heavy atom. The smallest absolute Gasteiger partial charge is 0.236 e. The number of benzene rings is 2. The van der Waals surface area contributed by atoms with Gasteiger partial charge in [-0.3, -0.25) is 9.10 Å². The maximum atomic E-state index is 12.4. The molecule has 0 fully saturated rings. The third-order valence-corrected chi connectivity index (χ3v) is 6.52. The number of carbonyl (C=O) groups is 1. The summed E-state index contributed by atoms with van der Waals surface area (Å²) in [6.45, 7) is 4.31. The van der Waals surface area contributed by atoms with Crippen molar-refractivity contribution in [1.82, 2.24) is 5.32 Å². The van der Waals surface area contributed by atoms with Gasteiger partial charge in [0.15, 0.2) is 0 Å². The van der Waals surface area contributed by atoms with Gasteiger partial charge in [-0.15, -0.1) is 0 Å². The van der Waals surface area contributed by atoms with Gasteiger partial charge in [0.25, 0.3) is 0 Å². The van der Waals surface area contributed by atoms with Gasteiger partial charge in [0.05, 0.1) is 11.4 Å². The first kappa shape index (κ1) is 21.0. The van der Waals surface area contributed by atoms with E-state index in [4.69, 9.17) is 0 Å². The number of carbonyl (C=O) groups excluding carboxylic acids is 1. The lowest BCUT2D eigenvalue weighted by Gasteiger charge is -2.25. The summed E-state index contributed by atoms with van der Waals surface area (Å²) in [5.41, 5.74) is 1.68. The van der Waals surface area contributed by atoms with E-state index in [1.807, 2.05) is 24.3 Å². The van der Waals surface area contributed by atoms with Crippen LogP contribution in [-0.2, 0) is 20.2 Å². The van der Waals surface area contributed by atoms with Crippen molar-refractivity contribution in [3.05, 3.63) is 66.2 Å². The normalized spacial score (nSPS) is 11.8. The number of sulfonamides is 1. The Morgan fingerprint density at radius 3 is 2.15 bits per heavy atom. The Labute approximate surface area is 162 Å². The van der Waals surface area contributed by atoms with Crippen molar-refractivity contribution in [2.75, 3.05) is 23.7 Å². The van der Waals surface area contributed by atoms with Crippen molar-refractivity contribution in [2.24, 2.45) is 0 Å². The minimum absolute atomic E-state index is 0.101. The van der Waals surface area contributed by atoms with E-state index in [0.29, 0.717) is 18.5 Å². The summed E-state index contributed by atoms with van der Waals surface area (Å²) >= 11 is 0. The van der Waals surface area contributed by atoms with Crippen molar-refractivity contribution in [3.63, 3.8) is 0 Å². The van der Waals surface area contributed by atoms with E-state index >= 15 is 0 Å². The summed E-state index contributed by atoms with van der Waals surface area (Å²) < 4.78 is 26.0. The van der Waals surface area contributed by atoms with E-state index in [9.17, 15) is 13.2 Å². The molecule has 2 rings (SSSR count). The van der Waals surface area contributed by atoms with Crippen molar-refractivity contribution < 1.29 is 13.2 Å². The number of hydrogen-bond acceptors (Lipinski definition) is 3. The van der Waals surface area contributed by atoms with E-state index in [-0.39, 0.29) is 23.6 Å². The largest absolute Gasteiger partial charge is 0.355 e. The van der Waals surface area contributed by atoms with E-state index in [1.54, 1.807) is 24.3 Å². The predicted molar refractivity (Wildman–Crippen MR) is 110 cm³/mol. The van der Waals surface area contributed by atoms with Gasteiger partial charge in [0.2, 0.25) is 15.9 Å². The number of amides is 1. The van der Waals surface area contributed by atoms with E-state index < -0.39 is 10.0 Å². The van der Waals surface area contributed by atoms with Crippen molar-refractivity contribution >= 4 is 21.6 Å². The van der Waals surface area contributed by atoms with Crippen LogP contribution in [0.5, 0.6) is 0 Å². The van der Waals surface area contributed by atoms with Crippen LogP contribution in [0, 0.1) is 0 Å². The Balaban J connectivity index is 1.80.